The summed E-state index contributed by atoms with van der Waals surface area (Å²) >= 11 is 9.14. The summed E-state index contributed by atoms with van der Waals surface area (Å²) in [6.45, 7) is 5.92. The zero-order valence-corrected chi connectivity index (χ0v) is 9.38. The highest BCUT2D eigenvalue weighted by molar-refractivity contribution is 7.80. The Morgan fingerprint density at radius 2 is 1.58 bits per heavy atom. The fourth-order valence-corrected chi connectivity index (χ4v) is 0.981. The molecule has 0 radical (unpaired) electrons. The van der Waals surface area contributed by atoms with Crippen LogP contribution < -0.4 is 0 Å². The summed E-state index contributed by atoms with van der Waals surface area (Å²) in [6.07, 6.45) is 0. The summed E-state index contributed by atoms with van der Waals surface area (Å²) in [6, 6.07) is 7.83. The van der Waals surface area contributed by atoms with E-state index in [1.807, 2.05) is 45.0 Å². The van der Waals surface area contributed by atoms with Crippen molar-refractivity contribution in [3.05, 3.63) is 29.8 Å². The topological polar surface area (TPSA) is 0 Å². The predicted octanol–water partition coefficient (Wildman–Crippen LogP) is 3.74. The van der Waals surface area contributed by atoms with E-state index in [0.717, 1.165) is 15.3 Å². The predicted molar refractivity (Wildman–Crippen MR) is 62.4 cm³/mol. The lowest BCUT2D eigenvalue weighted by Gasteiger charge is -1.95. The standard InChI is InChI=1S/C8H8S2.C2H6/c1-6(9)7-2-4-8(10)5-3-7;1-2/h2-5,10H,1H3;1-2H3. The van der Waals surface area contributed by atoms with Crippen molar-refractivity contribution < 1.29 is 0 Å². The molecule has 66 valence electrons. The first-order valence-electron chi connectivity index (χ1n) is 4.00. The summed E-state index contributed by atoms with van der Waals surface area (Å²) < 4.78 is 0. The largest absolute Gasteiger partial charge is 0.143 e. The number of rotatable bonds is 1. The van der Waals surface area contributed by atoms with Gasteiger partial charge in [-0.1, -0.05) is 38.2 Å². The summed E-state index contributed by atoms with van der Waals surface area (Å²) in [5.41, 5.74) is 1.10. The maximum atomic E-state index is 4.98. The van der Waals surface area contributed by atoms with Gasteiger partial charge in [0, 0.05) is 9.76 Å². The first-order chi connectivity index (χ1) is 5.70. The lowest BCUT2D eigenvalue weighted by Crippen LogP contribution is -1.87. The molecule has 0 fully saturated rings. The quantitative estimate of drug-likeness (QED) is 0.407. The monoisotopic (exact) mass is 198 g/mol. The Kier molecular flexibility index (Phi) is 6.03. The average molecular weight is 198 g/mol. The van der Waals surface area contributed by atoms with E-state index >= 15 is 0 Å². The first-order valence-corrected chi connectivity index (χ1v) is 4.85. The first kappa shape index (κ1) is 11.7. The van der Waals surface area contributed by atoms with Gasteiger partial charge in [0.2, 0.25) is 0 Å². The Labute approximate surface area is 85.4 Å². The molecule has 0 bridgehead atoms. The maximum Gasteiger partial charge on any atom is 0.0193 e. The fourth-order valence-electron chi connectivity index (χ4n) is 0.696. The van der Waals surface area contributed by atoms with Crippen LogP contribution in [0.15, 0.2) is 29.2 Å². The number of hydrogen-bond acceptors (Lipinski definition) is 2. The molecule has 0 heterocycles. The normalized spacial score (nSPS) is 8.33. The van der Waals surface area contributed by atoms with Crippen molar-refractivity contribution in [1.82, 2.24) is 0 Å². The molecule has 0 saturated carbocycles. The molecular formula is C10H14S2. The van der Waals surface area contributed by atoms with Gasteiger partial charge in [0.15, 0.2) is 0 Å². The average Bonchev–Trinajstić information content (AvgIpc) is 2.09. The lowest BCUT2D eigenvalue weighted by molar-refractivity contribution is 1.46. The molecule has 0 aliphatic heterocycles. The van der Waals surface area contributed by atoms with E-state index in [9.17, 15) is 0 Å². The van der Waals surface area contributed by atoms with Gasteiger partial charge in [-0.15, -0.1) is 12.6 Å². The highest BCUT2D eigenvalue weighted by atomic mass is 32.1. The van der Waals surface area contributed by atoms with Crippen LogP contribution in [0.4, 0.5) is 0 Å². The summed E-state index contributed by atoms with van der Waals surface area (Å²) in [5.74, 6) is 0. The summed E-state index contributed by atoms with van der Waals surface area (Å²) in [5, 5.41) is 0. The molecular weight excluding hydrogens is 184 g/mol. The Bertz CT molecular complexity index is 237. The Morgan fingerprint density at radius 1 is 1.17 bits per heavy atom. The molecule has 0 nitrogen and oxygen atoms in total. The van der Waals surface area contributed by atoms with Crippen LogP contribution in [-0.4, -0.2) is 4.86 Å². The zero-order valence-electron chi connectivity index (χ0n) is 7.66. The number of thiol groups is 1. The lowest BCUT2D eigenvalue weighted by atomic mass is 10.2. The Morgan fingerprint density at radius 3 is 1.92 bits per heavy atom. The minimum absolute atomic E-state index is 0.924. The molecule has 0 spiro atoms. The van der Waals surface area contributed by atoms with Crippen LogP contribution in [-0.2, 0) is 0 Å². The number of thiocarbonyl (C=S) groups is 1. The van der Waals surface area contributed by atoms with Gasteiger partial charge >= 0.3 is 0 Å². The van der Waals surface area contributed by atoms with Gasteiger partial charge in [-0.3, -0.25) is 0 Å². The minimum atomic E-state index is 0.924. The molecule has 2 heteroatoms. The van der Waals surface area contributed by atoms with E-state index in [1.54, 1.807) is 0 Å². The van der Waals surface area contributed by atoms with Crippen LogP contribution in [0.2, 0.25) is 0 Å². The van der Waals surface area contributed by atoms with E-state index in [0.29, 0.717) is 0 Å². The third-order valence-electron chi connectivity index (χ3n) is 1.27. The van der Waals surface area contributed by atoms with Gasteiger partial charge in [0.25, 0.3) is 0 Å². The van der Waals surface area contributed by atoms with Gasteiger partial charge in [0.05, 0.1) is 0 Å². The van der Waals surface area contributed by atoms with E-state index in [2.05, 4.69) is 12.6 Å². The second-order valence-corrected chi connectivity index (χ2v) is 3.23. The molecule has 0 atom stereocenters. The molecule has 12 heavy (non-hydrogen) atoms. The summed E-state index contributed by atoms with van der Waals surface area (Å²) in [4.78, 5) is 1.90. The van der Waals surface area contributed by atoms with Crippen LogP contribution in [0.1, 0.15) is 26.3 Å². The third-order valence-corrected chi connectivity index (χ3v) is 1.81. The van der Waals surface area contributed by atoms with Gasteiger partial charge in [0.1, 0.15) is 0 Å². The molecule has 0 saturated heterocycles. The zero-order chi connectivity index (χ0) is 9.56. The summed E-state index contributed by atoms with van der Waals surface area (Å²) in [7, 11) is 0. The fraction of sp³-hybridized carbons (Fsp3) is 0.300. The molecule has 1 rings (SSSR count). The van der Waals surface area contributed by atoms with Crippen LogP contribution in [0.5, 0.6) is 0 Å². The molecule has 0 aliphatic rings. The highest BCUT2D eigenvalue weighted by Crippen LogP contribution is 2.08. The van der Waals surface area contributed by atoms with Gasteiger partial charge in [-0.05, 0) is 24.6 Å². The van der Waals surface area contributed by atoms with Crippen LogP contribution in [0.3, 0.4) is 0 Å². The molecule has 0 aliphatic carbocycles. The molecule has 1 aromatic carbocycles. The maximum absolute atomic E-state index is 4.98. The van der Waals surface area contributed by atoms with Gasteiger partial charge in [-0.2, -0.15) is 0 Å². The van der Waals surface area contributed by atoms with Crippen molar-refractivity contribution in [2.45, 2.75) is 25.7 Å². The van der Waals surface area contributed by atoms with E-state index in [4.69, 9.17) is 12.2 Å². The molecule has 0 unspecified atom stereocenters. The van der Waals surface area contributed by atoms with E-state index in [1.165, 1.54) is 0 Å². The third kappa shape index (κ3) is 3.88. The van der Waals surface area contributed by atoms with Crippen LogP contribution in [0, 0.1) is 0 Å². The van der Waals surface area contributed by atoms with Crippen LogP contribution >= 0.6 is 24.8 Å². The Balaban J connectivity index is 0.000000561. The SMILES string of the molecule is CC.CC(=S)c1ccc(S)cc1. The van der Waals surface area contributed by atoms with Crippen molar-refractivity contribution in [2.24, 2.45) is 0 Å². The number of hydrogen-bond donors (Lipinski definition) is 1. The van der Waals surface area contributed by atoms with Crippen molar-refractivity contribution in [3.8, 4) is 0 Å². The van der Waals surface area contributed by atoms with Gasteiger partial charge in [-0.25, -0.2) is 0 Å². The van der Waals surface area contributed by atoms with E-state index in [-0.39, 0.29) is 0 Å². The molecule has 1 aromatic rings. The minimum Gasteiger partial charge on any atom is -0.143 e. The highest BCUT2D eigenvalue weighted by Gasteiger charge is 1.91. The van der Waals surface area contributed by atoms with Crippen molar-refractivity contribution >= 4 is 29.7 Å². The number of benzene rings is 1. The second kappa shape index (κ2) is 6.21. The van der Waals surface area contributed by atoms with Crippen LogP contribution in [0.25, 0.3) is 0 Å². The van der Waals surface area contributed by atoms with Gasteiger partial charge < -0.3 is 0 Å². The van der Waals surface area contributed by atoms with Crippen molar-refractivity contribution in [3.63, 3.8) is 0 Å². The molecule has 0 aromatic heterocycles. The van der Waals surface area contributed by atoms with Crippen molar-refractivity contribution in [1.29, 1.82) is 0 Å². The molecule has 0 N–H and O–H groups in total. The van der Waals surface area contributed by atoms with Crippen molar-refractivity contribution in [2.75, 3.05) is 0 Å². The van der Waals surface area contributed by atoms with E-state index < -0.39 is 0 Å². The smallest absolute Gasteiger partial charge is 0.0193 e. The second-order valence-electron chi connectivity index (χ2n) is 2.10. The Hall–Kier alpha value is -0.340. The molecule has 0 amide bonds.